The average Bonchev–Trinajstić information content (AvgIpc) is 3.00. The van der Waals surface area contributed by atoms with E-state index in [2.05, 4.69) is 20.5 Å². The van der Waals surface area contributed by atoms with E-state index in [-0.39, 0.29) is 11.9 Å². The molecule has 2 aromatic rings. The third-order valence-corrected chi connectivity index (χ3v) is 3.00. The standard InChI is InChI=1S/C12H15N5O2/c1-17-14-6-9(16-17)4-5-11(18)15-12-13-7-10(19-12)8-2-3-8/h6-8H,2-5H2,1H3,(H,13,15,18). The number of anilines is 1. The Kier molecular flexibility index (Phi) is 3.02. The molecule has 0 saturated heterocycles. The van der Waals surface area contributed by atoms with Gasteiger partial charge in [-0.3, -0.25) is 10.1 Å². The first-order valence-electron chi connectivity index (χ1n) is 6.31. The number of oxazole rings is 1. The first-order valence-corrected chi connectivity index (χ1v) is 6.31. The summed E-state index contributed by atoms with van der Waals surface area (Å²) < 4.78 is 5.46. The zero-order chi connectivity index (χ0) is 13.2. The minimum atomic E-state index is -0.130. The van der Waals surface area contributed by atoms with E-state index in [0.29, 0.717) is 18.8 Å². The molecule has 1 fully saturated rings. The van der Waals surface area contributed by atoms with Gasteiger partial charge in [0.05, 0.1) is 18.1 Å². The average molecular weight is 261 g/mol. The van der Waals surface area contributed by atoms with E-state index >= 15 is 0 Å². The van der Waals surface area contributed by atoms with Gasteiger partial charge < -0.3 is 4.42 Å². The second kappa shape index (κ2) is 4.83. The van der Waals surface area contributed by atoms with Crippen LogP contribution in [0.5, 0.6) is 0 Å². The molecule has 7 nitrogen and oxygen atoms in total. The molecule has 1 aliphatic rings. The van der Waals surface area contributed by atoms with Crippen LogP contribution in [-0.4, -0.2) is 25.9 Å². The summed E-state index contributed by atoms with van der Waals surface area (Å²) in [5, 5.41) is 10.7. The molecule has 2 heterocycles. The van der Waals surface area contributed by atoms with E-state index in [4.69, 9.17) is 4.42 Å². The molecular formula is C12H15N5O2. The Hall–Kier alpha value is -2.18. The summed E-state index contributed by atoms with van der Waals surface area (Å²) in [6, 6.07) is 0.283. The van der Waals surface area contributed by atoms with Crippen molar-refractivity contribution in [1.29, 1.82) is 0 Å². The molecule has 0 aromatic carbocycles. The van der Waals surface area contributed by atoms with Crippen molar-refractivity contribution in [3.63, 3.8) is 0 Å². The molecule has 1 N–H and O–H groups in total. The zero-order valence-corrected chi connectivity index (χ0v) is 10.7. The fourth-order valence-electron chi connectivity index (χ4n) is 1.83. The van der Waals surface area contributed by atoms with Crippen LogP contribution in [-0.2, 0) is 18.3 Å². The molecule has 1 amide bonds. The van der Waals surface area contributed by atoms with Crippen molar-refractivity contribution in [2.24, 2.45) is 7.05 Å². The largest absolute Gasteiger partial charge is 0.428 e. The van der Waals surface area contributed by atoms with Crippen molar-refractivity contribution in [3.05, 3.63) is 23.8 Å². The van der Waals surface area contributed by atoms with Gasteiger partial charge in [-0.15, -0.1) is 0 Å². The van der Waals surface area contributed by atoms with E-state index in [1.54, 1.807) is 19.4 Å². The normalized spacial score (nSPS) is 14.6. The molecule has 0 aliphatic heterocycles. The van der Waals surface area contributed by atoms with Gasteiger partial charge in [0.25, 0.3) is 0 Å². The first-order chi connectivity index (χ1) is 9.20. The van der Waals surface area contributed by atoms with E-state index in [1.807, 2.05) is 0 Å². The maximum Gasteiger partial charge on any atom is 0.301 e. The van der Waals surface area contributed by atoms with Gasteiger partial charge in [0, 0.05) is 25.8 Å². The number of aryl methyl sites for hydroxylation is 2. The van der Waals surface area contributed by atoms with Gasteiger partial charge in [-0.05, 0) is 12.8 Å². The topological polar surface area (TPSA) is 85.8 Å². The van der Waals surface area contributed by atoms with Crippen molar-refractivity contribution in [3.8, 4) is 0 Å². The fourth-order valence-corrected chi connectivity index (χ4v) is 1.83. The summed E-state index contributed by atoms with van der Waals surface area (Å²) in [4.78, 5) is 17.2. The zero-order valence-electron chi connectivity index (χ0n) is 10.7. The third kappa shape index (κ3) is 2.98. The van der Waals surface area contributed by atoms with E-state index in [0.717, 1.165) is 24.3 Å². The van der Waals surface area contributed by atoms with Crippen LogP contribution >= 0.6 is 0 Å². The summed E-state index contributed by atoms with van der Waals surface area (Å²) >= 11 is 0. The Morgan fingerprint density at radius 3 is 3.05 bits per heavy atom. The molecule has 3 rings (SSSR count). The van der Waals surface area contributed by atoms with Crippen molar-refractivity contribution >= 4 is 11.9 Å². The molecule has 19 heavy (non-hydrogen) atoms. The first kappa shape index (κ1) is 11.9. The number of aromatic nitrogens is 4. The van der Waals surface area contributed by atoms with Crippen molar-refractivity contribution in [2.45, 2.75) is 31.6 Å². The van der Waals surface area contributed by atoms with Gasteiger partial charge in [0.2, 0.25) is 5.91 Å². The Balaban J connectivity index is 1.49. The lowest BCUT2D eigenvalue weighted by molar-refractivity contribution is -0.116. The fraction of sp³-hybridized carbons (Fsp3) is 0.500. The highest BCUT2D eigenvalue weighted by molar-refractivity contribution is 5.88. The van der Waals surface area contributed by atoms with Crippen molar-refractivity contribution in [2.75, 3.05) is 5.32 Å². The third-order valence-electron chi connectivity index (χ3n) is 3.00. The second-order valence-corrected chi connectivity index (χ2v) is 4.72. The van der Waals surface area contributed by atoms with Crippen molar-refractivity contribution in [1.82, 2.24) is 20.0 Å². The van der Waals surface area contributed by atoms with Gasteiger partial charge in [-0.25, -0.2) is 4.98 Å². The quantitative estimate of drug-likeness (QED) is 0.875. The molecule has 0 spiro atoms. The summed E-state index contributed by atoms with van der Waals surface area (Å²) in [5.74, 6) is 1.23. The molecule has 0 radical (unpaired) electrons. The number of hydrogen-bond donors (Lipinski definition) is 1. The molecule has 0 atom stereocenters. The Labute approximate surface area is 110 Å². The van der Waals surface area contributed by atoms with Crippen LogP contribution in [0.1, 0.15) is 36.6 Å². The van der Waals surface area contributed by atoms with Crippen molar-refractivity contribution < 1.29 is 9.21 Å². The lowest BCUT2D eigenvalue weighted by Crippen LogP contribution is -2.12. The number of carbonyl (C=O) groups excluding carboxylic acids is 1. The summed E-state index contributed by atoms with van der Waals surface area (Å²) in [7, 11) is 1.75. The molecule has 2 aromatic heterocycles. The van der Waals surface area contributed by atoms with Gasteiger partial charge in [-0.2, -0.15) is 15.0 Å². The number of nitrogens with one attached hydrogen (secondary N) is 1. The Bertz CT molecular complexity index is 584. The van der Waals surface area contributed by atoms with Crippen LogP contribution in [0.2, 0.25) is 0 Å². The lowest BCUT2D eigenvalue weighted by Gasteiger charge is -1.99. The van der Waals surface area contributed by atoms with Gasteiger partial charge in [0.15, 0.2) is 0 Å². The number of carbonyl (C=O) groups is 1. The van der Waals surface area contributed by atoms with E-state index in [1.165, 1.54) is 4.80 Å². The van der Waals surface area contributed by atoms with Gasteiger partial charge in [0.1, 0.15) is 5.76 Å². The summed E-state index contributed by atoms with van der Waals surface area (Å²) in [6.07, 6.45) is 6.53. The predicted molar refractivity (Wildman–Crippen MR) is 66.4 cm³/mol. The number of hydrogen-bond acceptors (Lipinski definition) is 5. The number of nitrogens with zero attached hydrogens (tertiary/aromatic N) is 4. The molecule has 0 bridgehead atoms. The van der Waals surface area contributed by atoms with Gasteiger partial charge >= 0.3 is 6.01 Å². The number of rotatable bonds is 5. The minimum Gasteiger partial charge on any atom is -0.428 e. The van der Waals surface area contributed by atoms with Crippen LogP contribution in [0.4, 0.5) is 6.01 Å². The number of amides is 1. The Morgan fingerprint density at radius 1 is 1.53 bits per heavy atom. The maximum absolute atomic E-state index is 11.7. The second-order valence-electron chi connectivity index (χ2n) is 4.72. The van der Waals surface area contributed by atoms with Gasteiger partial charge in [-0.1, -0.05) is 0 Å². The molecule has 1 saturated carbocycles. The highest BCUT2D eigenvalue weighted by Crippen LogP contribution is 2.40. The monoisotopic (exact) mass is 261 g/mol. The SMILES string of the molecule is Cn1ncc(CCC(=O)Nc2ncc(C3CC3)o2)n1. The van der Waals surface area contributed by atoms with Crippen LogP contribution in [0.3, 0.4) is 0 Å². The molecule has 100 valence electrons. The highest BCUT2D eigenvalue weighted by atomic mass is 16.4. The van der Waals surface area contributed by atoms with Crippen LogP contribution in [0, 0.1) is 0 Å². The van der Waals surface area contributed by atoms with E-state index < -0.39 is 0 Å². The summed E-state index contributed by atoms with van der Waals surface area (Å²) in [6.45, 7) is 0. The Morgan fingerprint density at radius 2 is 2.37 bits per heavy atom. The summed E-state index contributed by atoms with van der Waals surface area (Å²) in [5.41, 5.74) is 0.795. The highest BCUT2D eigenvalue weighted by Gasteiger charge is 2.27. The lowest BCUT2D eigenvalue weighted by atomic mass is 10.2. The predicted octanol–water partition coefficient (Wildman–Crippen LogP) is 1.25. The minimum absolute atomic E-state index is 0.130. The molecule has 1 aliphatic carbocycles. The smallest absolute Gasteiger partial charge is 0.301 e. The van der Waals surface area contributed by atoms with Crippen LogP contribution in [0.25, 0.3) is 0 Å². The van der Waals surface area contributed by atoms with E-state index in [9.17, 15) is 4.79 Å². The van der Waals surface area contributed by atoms with Crippen LogP contribution in [0.15, 0.2) is 16.8 Å². The molecule has 7 heteroatoms. The molecule has 0 unspecified atom stereocenters. The van der Waals surface area contributed by atoms with Crippen LogP contribution < -0.4 is 5.32 Å². The maximum atomic E-state index is 11.7. The molecular weight excluding hydrogens is 246 g/mol.